The molecule has 0 aromatic heterocycles. The molecule has 3 heteroatoms. The first-order valence-electron chi connectivity index (χ1n) is 7.90. The first-order valence-corrected chi connectivity index (χ1v) is 8.28. The molecule has 3 atom stereocenters. The van der Waals surface area contributed by atoms with E-state index < -0.39 is 0 Å². The smallest absolute Gasteiger partial charge is 0.0499 e. The molecule has 0 radical (unpaired) electrons. The van der Waals surface area contributed by atoms with E-state index in [4.69, 9.17) is 17.3 Å². The molecule has 0 amide bonds. The van der Waals surface area contributed by atoms with E-state index in [1.165, 1.54) is 37.7 Å². The van der Waals surface area contributed by atoms with Gasteiger partial charge in [0.2, 0.25) is 0 Å². The average molecular weight is 295 g/mol. The molecule has 1 fully saturated rings. The highest BCUT2D eigenvalue weighted by molar-refractivity contribution is 6.30. The molecule has 112 valence electrons. The number of benzene rings is 1. The molecular weight excluding hydrogens is 268 g/mol. The van der Waals surface area contributed by atoms with Gasteiger partial charge < -0.3 is 5.73 Å². The normalized spacial score (nSPS) is 24.1. The van der Waals surface area contributed by atoms with Gasteiger partial charge in [-0.15, -0.1) is 0 Å². The number of hydrogen-bond acceptors (Lipinski definition) is 2. The van der Waals surface area contributed by atoms with Crippen molar-refractivity contribution in [3.8, 4) is 0 Å². The predicted molar refractivity (Wildman–Crippen MR) is 87.1 cm³/mol. The Morgan fingerprint density at radius 2 is 1.95 bits per heavy atom. The predicted octanol–water partition coefficient (Wildman–Crippen LogP) is 4.38. The summed E-state index contributed by atoms with van der Waals surface area (Å²) in [5, 5.41) is 0.792. The molecule has 2 rings (SSSR count). The molecule has 2 N–H and O–H groups in total. The molecule has 3 unspecified atom stereocenters. The summed E-state index contributed by atoms with van der Waals surface area (Å²) in [5.74, 6) is 0. The fraction of sp³-hybridized carbons (Fsp3) is 0.647. The van der Waals surface area contributed by atoms with Crippen LogP contribution in [0.4, 0.5) is 0 Å². The second kappa shape index (κ2) is 7.44. The minimum Gasteiger partial charge on any atom is -0.326 e. The highest BCUT2D eigenvalue weighted by Crippen LogP contribution is 2.31. The SMILES string of the molecule is CCC1CCCCCN1C(c1ccc(Cl)cc1)C(C)N. The number of rotatable bonds is 4. The Morgan fingerprint density at radius 1 is 1.25 bits per heavy atom. The summed E-state index contributed by atoms with van der Waals surface area (Å²) >= 11 is 6.02. The van der Waals surface area contributed by atoms with Crippen LogP contribution in [0, 0.1) is 0 Å². The van der Waals surface area contributed by atoms with Crippen LogP contribution in [0.25, 0.3) is 0 Å². The second-order valence-corrected chi connectivity index (χ2v) is 6.44. The van der Waals surface area contributed by atoms with Gasteiger partial charge in [0.05, 0.1) is 0 Å². The molecule has 0 bridgehead atoms. The maximum atomic E-state index is 6.33. The molecule has 0 spiro atoms. The van der Waals surface area contributed by atoms with Gasteiger partial charge in [0.25, 0.3) is 0 Å². The summed E-state index contributed by atoms with van der Waals surface area (Å²) < 4.78 is 0. The van der Waals surface area contributed by atoms with E-state index in [1.54, 1.807) is 0 Å². The monoisotopic (exact) mass is 294 g/mol. The average Bonchev–Trinajstić information content (AvgIpc) is 2.66. The Morgan fingerprint density at radius 3 is 2.55 bits per heavy atom. The molecule has 1 aliphatic heterocycles. The van der Waals surface area contributed by atoms with Crippen LogP contribution in [0.1, 0.15) is 57.6 Å². The van der Waals surface area contributed by atoms with Crippen molar-refractivity contribution in [1.82, 2.24) is 4.90 Å². The van der Waals surface area contributed by atoms with E-state index in [2.05, 4.69) is 30.9 Å². The topological polar surface area (TPSA) is 29.3 Å². The van der Waals surface area contributed by atoms with Crippen LogP contribution < -0.4 is 5.73 Å². The van der Waals surface area contributed by atoms with Crippen molar-refractivity contribution in [2.75, 3.05) is 6.54 Å². The summed E-state index contributed by atoms with van der Waals surface area (Å²) in [6.07, 6.45) is 6.48. The zero-order chi connectivity index (χ0) is 14.5. The minimum absolute atomic E-state index is 0.128. The lowest BCUT2D eigenvalue weighted by Gasteiger charge is -2.39. The number of likely N-dealkylation sites (tertiary alicyclic amines) is 1. The van der Waals surface area contributed by atoms with Crippen molar-refractivity contribution in [2.24, 2.45) is 5.73 Å². The van der Waals surface area contributed by atoms with Crippen LogP contribution in [-0.4, -0.2) is 23.5 Å². The van der Waals surface area contributed by atoms with Crippen molar-refractivity contribution in [2.45, 2.75) is 64.1 Å². The second-order valence-electron chi connectivity index (χ2n) is 6.00. The van der Waals surface area contributed by atoms with Gasteiger partial charge in [-0.05, 0) is 50.4 Å². The van der Waals surface area contributed by atoms with E-state index in [0.29, 0.717) is 12.1 Å². The van der Waals surface area contributed by atoms with Gasteiger partial charge in [-0.2, -0.15) is 0 Å². The Bertz CT molecular complexity index is 402. The third kappa shape index (κ3) is 3.75. The fourth-order valence-electron chi connectivity index (χ4n) is 3.46. The van der Waals surface area contributed by atoms with Gasteiger partial charge in [0, 0.05) is 23.1 Å². The number of nitrogens with zero attached hydrogens (tertiary/aromatic N) is 1. The van der Waals surface area contributed by atoms with Crippen molar-refractivity contribution < 1.29 is 0 Å². The zero-order valence-electron chi connectivity index (χ0n) is 12.7. The third-order valence-corrected chi connectivity index (χ3v) is 4.71. The maximum absolute atomic E-state index is 6.33. The molecule has 1 heterocycles. The van der Waals surface area contributed by atoms with Crippen LogP contribution in [0.5, 0.6) is 0 Å². The van der Waals surface area contributed by atoms with Crippen LogP contribution in [0.3, 0.4) is 0 Å². The van der Waals surface area contributed by atoms with Crippen molar-refractivity contribution in [1.29, 1.82) is 0 Å². The highest BCUT2D eigenvalue weighted by Gasteiger charge is 2.30. The fourth-order valence-corrected chi connectivity index (χ4v) is 3.59. The molecule has 1 aliphatic rings. The van der Waals surface area contributed by atoms with Gasteiger partial charge in [-0.3, -0.25) is 4.90 Å². The van der Waals surface area contributed by atoms with Crippen molar-refractivity contribution >= 4 is 11.6 Å². The zero-order valence-corrected chi connectivity index (χ0v) is 13.4. The third-order valence-electron chi connectivity index (χ3n) is 4.46. The highest BCUT2D eigenvalue weighted by atomic mass is 35.5. The molecule has 1 saturated heterocycles. The maximum Gasteiger partial charge on any atom is 0.0499 e. The number of hydrogen-bond donors (Lipinski definition) is 1. The van der Waals surface area contributed by atoms with Crippen molar-refractivity contribution in [3.05, 3.63) is 34.9 Å². The van der Waals surface area contributed by atoms with E-state index in [0.717, 1.165) is 11.6 Å². The summed E-state index contributed by atoms with van der Waals surface area (Å²) in [7, 11) is 0. The van der Waals surface area contributed by atoms with E-state index >= 15 is 0 Å². The Hall–Kier alpha value is -0.570. The molecule has 20 heavy (non-hydrogen) atoms. The lowest BCUT2D eigenvalue weighted by Crippen LogP contribution is -2.44. The van der Waals surface area contributed by atoms with Crippen LogP contribution in [0.15, 0.2) is 24.3 Å². The lowest BCUT2D eigenvalue weighted by molar-refractivity contribution is 0.117. The molecular formula is C17H27ClN2. The Labute approximate surface area is 128 Å². The van der Waals surface area contributed by atoms with Crippen LogP contribution in [0.2, 0.25) is 5.02 Å². The molecule has 0 aliphatic carbocycles. The molecule has 1 aromatic carbocycles. The molecule has 1 aromatic rings. The molecule has 2 nitrogen and oxygen atoms in total. The van der Waals surface area contributed by atoms with E-state index in [9.17, 15) is 0 Å². The number of nitrogens with two attached hydrogens (primary N) is 1. The largest absolute Gasteiger partial charge is 0.326 e. The van der Waals surface area contributed by atoms with Gasteiger partial charge in [0.15, 0.2) is 0 Å². The minimum atomic E-state index is 0.128. The van der Waals surface area contributed by atoms with Gasteiger partial charge in [-0.1, -0.05) is 43.5 Å². The number of halogens is 1. The summed E-state index contributed by atoms with van der Waals surface area (Å²) in [6.45, 7) is 5.58. The molecule has 0 saturated carbocycles. The Balaban J connectivity index is 2.28. The van der Waals surface area contributed by atoms with E-state index in [-0.39, 0.29) is 6.04 Å². The Kier molecular flexibility index (Phi) is 5.88. The summed E-state index contributed by atoms with van der Waals surface area (Å²) in [4.78, 5) is 2.64. The first kappa shape index (κ1) is 15.8. The quantitative estimate of drug-likeness (QED) is 0.893. The van der Waals surface area contributed by atoms with Crippen molar-refractivity contribution in [3.63, 3.8) is 0 Å². The van der Waals surface area contributed by atoms with Gasteiger partial charge in [-0.25, -0.2) is 0 Å². The lowest BCUT2D eigenvalue weighted by atomic mass is 9.96. The van der Waals surface area contributed by atoms with Gasteiger partial charge in [0.1, 0.15) is 0 Å². The summed E-state index contributed by atoms with van der Waals surface area (Å²) in [6, 6.07) is 9.31. The summed E-state index contributed by atoms with van der Waals surface area (Å²) in [5.41, 5.74) is 7.63. The van der Waals surface area contributed by atoms with Crippen LogP contribution in [-0.2, 0) is 0 Å². The first-order chi connectivity index (χ1) is 9.63. The standard InChI is InChI=1S/C17H27ClN2/c1-3-16-7-5-4-6-12-20(16)17(13(2)19)14-8-10-15(18)11-9-14/h8-11,13,16-17H,3-7,12,19H2,1-2H3. The van der Waals surface area contributed by atoms with Crippen LogP contribution >= 0.6 is 11.6 Å². The van der Waals surface area contributed by atoms with Gasteiger partial charge >= 0.3 is 0 Å². The van der Waals surface area contributed by atoms with E-state index in [1.807, 2.05) is 12.1 Å².